The summed E-state index contributed by atoms with van der Waals surface area (Å²) in [4.78, 5) is 0. The standard InChI is InChI=1S/C15H24NO/c1-12(17-15(5,6)7)13-10-8-9-11-16(13)14(2,3)4/h8-11H,1H2,2-7H3/q+1. The number of hydrogen-bond donors (Lipinski definition) is 0. The van der Waals surface area contributed by atoms with E-state index >= 15 is 0 Å². The van der Waals surface area contributed by atoms with Crippen molar-refractivity contribution in [1.29, 1.82) is 0 Å². The molecule has 1 heterocycles. The Balaban J connectivity index is 3.11. The zero-order valence-corrected chi connectivity index (χ0v) is 11.9. The van der Waals surface area contributed by atoms with Gasteiger partial charge in [-0.2, -0.15) is 4.57 Å². The molecule has 0 radical (unpaired) electrons. The summed E-state index contributed by atoms with van der Waals surface area (Å²) in [5.41, 5.74) is 0.818. The van der Waals surface area contributed by atoms with Gasteiger partial charge >= 0.3 is 0 Å². The van der Waals surface area contributed by atoms with Crippen molar-refractivity contribution in [3.8, 4) is 0 Å². The first-order valence-electron chi connectivity index (χ1n) is 6.01. The van der Waals surface area contributed by atoms with Crippen molar-refractivity contribution in [1.82, 2.24) is 0 Å². The minimum atomic E-state index is -0.220. The Morgan fingerprint density at radius 1 is 1.12 bits per heavy atom. The Bertz CT molecular complexity index is 408. The van der Waals surface area contributed by atoms with Gasteiger partial charge in [0, 0.05) is 32.9 Å². The monoisotopic (exact) mass is 234 g/mol. The molecule has 0 amide bonds. The fourth-order valence-corrected chi connectivity index (χ4v) is 1.68. The van der Waals surface area contributed by atoms with Gasteiger partial charge in [0.2, 0.25) is 5.69 Å². The lowest BCUT2D eigenvalue weighted by atomic mass is 10.1. The highest BCUT2D eigenvalue weighted by Crippen LogP contribution is 2.20. The first kappa shape index (κ1) is 13.8. The van der Waals surface area contributed by atoms with Crippen LogP contribution in [0.2, 0.25) is 0 Å². The smallest absolute Gasteiger partial charge is 0.247 e. The van der Waals surface area contributed by atoms with Gasteiger partial charge in [-0.1, -0.05) is 0 Å². The second-order valence-electron chi connectivity index (χ2n) is 6.26. The lowest BCUT2D eigenvalue weighted by molar-refractivity contribution is -0.756. The normalized spacial score (nSPS) is 12.4. The van der Waals surface area contributed by atoms with Gasteiger partial charge in [-0.25, -0.2) is 0 Å². The molecule has 0 aliphatic carbocycles. The molecule has 2 heteroatoms. The Labute approximate surface area is 105 Å². The second kappa shape index (κ2) is 4.52. The maximum Gasteiger partial charge on any atom is 0.247 e. The minimum absolute atomic E-state index is 0.0147. The summed E-state index contributed by atoms with van der Waals surface area (Å²) in [6.07, 6.45) is 2.06. The molecule has 2 nitrogen and oxygen atoms in total. The Morgan fingerprint density at radius 2 is 1.71 bits per heavy atom. The van der Waals surface area contributed by atoms with Crippen LogP contribution >= 0.6 is 0 Å². The number of rotatable bonds is 2. The third-order valence-electron chi connectivity index (χ3n) is 2.30. The van der Waals surface area contributed by atoms with Crippen LogP contribution in [0.5, 0.6) is 0 Å². The van der Waals surface area contributed by atoms with Gasteiger partial charge < -0.3 is 4.74 Å². The van der Waals surface area contributed by atoms with E-state index in [0.29, 0.717) is 5.76 Å². The summed E-state index contributed by atoms with van der Waals surface area (Å²) in [5, 5.41) is 0. The van der Waals surface area contributed by atoms with Gasteiger partial charge in [0.15, 0.2) is 17.5 Å². The molecule has 1 rings (SSSR count). The molecule has 0 saturated carbocycles. The maximum atomic E-state index is 5.84. The second-order valence-corrected chi connectivity index (χ2v) is 6.26. The SMILES string of the molecule is C=C(OC(C)(C)C)c1cccc[n+]1C(C)(C)C. The Kier molecular flexibility index (Phi) is 3.65. The van der Waals surface area contributed by atoms with E-state index in [9.17, 15) is 0 Å². The number of aromatic nitrogens is 1. The van der Waals surface area contributed by atoms with Gasteiger partial charge in [0.1, 0.15) is 5.60 Å². The van der Waals surface area contributed by atoms with Crippen molar-refractivity contribution in [2.24, 2.45) is 0 Å². The third-order valence-corrected chi connectivity index (χ3v) is 2.30. The van der Waals surface area contributed by atoms with Gasteiger partial charge in [-0.05, 0) is 33.4 Å². The largest absolute Gasteiger partial charge is 0.482 e. The molecule has 0 spiro atoms. The summed E-state index contributed by atoms with van der Waals surface area (Å²) in [6, 6.07) is 6.08. The maximum absolute atomic E-state index is 5.84. The summed E-state index contributed by atoms with van der Waals surface area (Å²) in [5.74, 6) is 0.716. The van der Waals surface area contributed by atoms with Crippen LogP contribution in [0, 0.1) is 0 Å². The van der Waals surface area contributed by atoms with Crippen LogP contribution < -0.4 is 4.57 Å². The molecular formula is C15H24NO+. The van der Waals surface area contributed by atoms with Gasteiger partial charge in [0.25, 0.3) is 0 Å². The quantitative estimate of drug-likeness (QED) is 0.564. The van der Waals surface area contributed by atoms with E-state index in [1.807, 2.05) is 39.0 Å². The lowest BCUT2D eigenvalue weighted by Crippen LogP contribution is -2.52. The highest BCUT2D eigenvalue weighted by atomic mass is 16.5. The molecule has 0 aliphatic rings. The zero-order valence-electron chi connectivity index (χ0n) is 11.9. The minimum Gasteiger partial charge on any atom is -0.482 e. The summed E-state index contributed by atoms with van der Waals surface area (Å²) in [7, 11) is 0. The predicted molar refractivity (Wildman–Crippen MR) is 71.5 cm³/mol. The van der Waals surface area contributed by atoms with Gasteiger partial charge in [-0.15, -0.1) is 0 Å². The van der Waals surface area contributed by atoms with E-state index in [0.717, 1.165) is 5.69 Å². The Hall–Kier alpha value is -1.31. The predicted octanol–water partition coefficient (Wildman–Crippen LogP) is 3.51. The van der Waals surface area contributed by atoms with Gasteiger partial charge in [-0.3, -0.25) is 0 Å². The molecule has 0 saturated heterocycles. The summed E-state index contributed by atoms with van der Waals surface area (Å²) >= 11 is 0. The number of nitrogens with zero attached hydrogens (tertiary/aromatic N) is 1. The van der Waals surface area contributed by atoms with Crippen LogP contribution in [0.1, 0.15) is 47.2 Å². The number of ether oxygens (including phenoxy) is 1. The molecule has 1 aromatic heterocycles. The first-order chi connectivity index (χ1) is 7.61. The van der Waals surface area contributed by atoms with Gasteiger partial charge in [0.05, 0.1) is 0 Å². The fourth-order valence-electron chi connectivity index (χ4n) is 1.68. The molecule has 94 valence electrons. The van der Waals surface area contributed by atoms with E-state index in [1.54, 1.807) is 0 Å². The molecule has 0 unspecified atom stereocenters. The Morgan fingerprint density at radius 3 is 2.18 bits per heavy atom. The fraction of sp³-hybridized carbons (Fsp3) is 0.533. The molecule has 0 atom stereocenters. The van der Waals surface area contributed by atoms with Crippen molar-refractivity contribution in [2.75, 3.05) is 0 Å². The molecular weight excluding hydrogens is 210 g/mol. The average molecular weight is 234 g/mol. The van der Waals surface area contributed by atoms with E-state index < -0.39 is 0 Å². The highest BCUT2D eigenvalue weighted by Gasteiger charge is 2.28. The van der Waals surface area contributed by atoms with Crippen molar-refractivity contribution >= 4 is 5.76 Å². The van der Waals surface area contributed by atoms with E-state index in [2.05, 4.69) is 38.1 Å². The summed E-state index contributed by atoms with van der Waals surface area (Å²) < 4.78 is 8.03. The van der Waals surface area contributed by atoms with E-state index in [-0.39, 0.29) is 11.1 Å². The molecule has 0 N–H and O–H groups in total. The molecule has 0 bridgehead atoms. The zero-order chi connectivity index (χ0) is 13.3. The molecule has 0 aromatic carbocycles. The number of hydrogen-bond acceptors (Lipinski definition) is 1. The number of pyridine rings is 1. The van der Waals surface area contributed by atoms with Crippen LogP contribution in [0.4, 0.5) is 0 Å². The lowest BCUT2D eigenvalue weighted by Gasteiger charge is -2.23. The van der Waals surface area contributed by atoms with Crippen LogP contribution in [-0.2, 0) is 10.3 Å². The van der Waals surface area contributed by atoms with Crippen LogP contribution in [0.15, 0.2) is 31.0 Å². The topological polar surface area (TPSA) is 13.1 Å². The van der Waals surface area contributed by atoms with Crippen molar-refractivity contribution in [3.63, 3.8) is 0 Å². The van der Waals surface area contributed by atoms with E-state index in [4.69, 9.17) is 4.74 Å². The average Bonchev–Trinajstić information content (AvgIpc) is 2.13. The van der Waals surface area contributed by atoms with Crippen LogP contribution in [-0.4, -0.2) is 5.60 Å². The molecule has 0 fully saturated rings. The van der Waals surface area contributed by atoms with Crippen molar-refractivity contribution in [3.05, 3.63) is 36.7 Å². The summed E-state index contributed by atoms with van der Waals surface area (Å²) in [6.45, 7) is 16.6. The molecule has 1 aromatic rings. The van der Waals surface area contributed by atoms with Crippen LogP contribution in [0.3, 0.4) is 0 Å². The third kappa shape index (κ3) is 3.88. The van der Waals surface area contributed by atoms with E-state index in [1.165, 1.54) is 0 Å². The first-order valence-corrected chi connectivity index (χ1v) is 6.01. The molecule has 17 heavy (non-hydrogen) atoms. The van der Waals surface area contributed by atoms with Crippen molar-refractivity contribution in [2.45, 2.75) is 52.7 Å². The van der Waals surface area contributed by atoms with Crippen molar-refractivity contribution < 1.29 is 9.30 Å². The molecule has 0 aliphatic heterocycles. The van der Waals surface area contributed by atoms with Crippen LogP contribution in [0.25, 0.3) is 5.76 Å². The highest BCUT2D eigenvalue weighted by molar-refractivity contribution is 5.50.